The van der Waals surface area contributed by atoms with Gasteiger partial charge in [-0.1, -0.05) is 18.2 Å². The Kier molecular flexibility index (Phi) is 7.25. The molecule has 43 heavy (non-hydrogen) atoms. The van der Waals surface area contributed by atoms with Crippen LogP contribution in [0, 0.1) is 12.8 Å². The Balaban J connectivity index is 1.34. The molecule has 0 unspecified atom stereocenters. The minimum atomic E-state index is -4.60. The molecule has 1 saturated heterocycles. The molecule has 11 heteroatoms. The number of pyridine rings is 2. The van der Waals surface area contributed by atoms with E-state index in [4.69, 9.17) is 0 Å². The van der Waals surface area contributed by atoms with Crippen LogP contribution in [-0.4, -0.2) is 34.5 Å². The smallest absolute Gasteiger partial charge is 0.369 e. The standard InChI is InChI=1S/C32H28F3N5O3/c1-19-5-2-9-28(36-19)38-31(43)22-11-12-27(25(15-22)37-30(42)21-6-3-7-24(14-21)32(33,34)35)39-16-20-13-23(18-39)26-8-4-10-29(41)40(26)17-20/h2-12,14-15,20,23H,13,16-18H2,1H3,(H,37,42)(H,36,38,43)/t20-,23+/m1/s1. The normalized spacial score (nSPS) is 17.6. The number of anilines is 3. The summed E-state index contributed by atoms with van der Waals surface area (Å²) in [4.78, 5) is 45.3. The third kappa shape index (κ3) is 5.88. The molecule has 2 aromatic carbocycles. The molecule has 0 radical (unpaired) electrons. The van der Waals surface area contributed by atoms with Gasteiger partial charge in [0, 0.05) is 54.1 Å². The van der Waals surface area contributed by atoms with E-state index >= 15 is 0 Å². The number of piperidine rings is 1. The quantitative estimate of drug-likeness (QED) is 0.313. The molecule has 4 aromatic rings. The Morgan fingerprint density at radius 3 is 2.40 bits per heavy atom. The Bertz CT molecular complexity index is 1780. The lowest BCUT2D eigenvalue weighted by Crippen LogP contribution is -2.47. The molecule has 0 aliphatic carbocycles. The van der Waals surface area contributed by atoms with E-state index in [0.29, 0.717) is 31.1 Å². The Morgan fingerprint density at radius 2 is 1.60 bits per heavy atom. The monoisotopic (exact) mass is 587 g/mol. The number of rotatable bonds is 5. The molecule has 1 fully saturated rings. The average molecular weight is 588 g/mol. The third-order valence-corrected chi connectivity index (χ3v) is 7.91. The van der Waals surface area contributed by atoms with E-state index in [2.05, 4.69) is 20.5 Å². The van der Waals surface area contributed by atoms with Crippen LogP contribution < -0.4 is 21.1 Å². The van der Waals surface area contributed by atoms with Gasteiger partial charge in [0.2, 0.25) is 0 Å². The molecule has 8 nitrogen and oxygen atoms in total. The summed E-state index contributed by atoms with van der Waals surface area (Å²) in [5.74, 6) is -0.582. The number of hydrogen-bond acceptors (Lipinski definition) is 5. The molecule has 0 saturated carbocycles. The number of aromatic nitrogens is 2. The molecule has 6 rings (SSSR count). The lowest BCUT2D eigenvalue weighted by atomic mass is 9.83. The summed E-state index contributed by atoms with van der Waals surface area (Å²) < 4.78 is 41.9. The van der Waals surface area contributed by atoms with E-state index < -0.39 is 23.6 Å². The first-order chi connectivity index (χ1) is 20.5. The predicted molar refractivity (Wildman–Crippen MR) is 157 cm³/mol. The molecule has 2 amide bonds. The number of benzene rings is 2. The van der Waals surface area contributed by atoms with Crippen molar-refractivity contribution in [3.63, 3.8) is 0 Å². The van der Waals surface area contributed by atoms with E-state index in [1.807, 2.05) is 10.6 Å². The van der Waals surface area contributed by atoms with Gasteiger partial charge in [-0.15, -0.1) is 0 Å². The summed E-state index contributed by atoms with van der Waals surface area (Å²) in [5.41, 5.74) is 1.70. The van der Waals surface area contributed by atoms with Crippen LogP contribution in [0.2, 0.25) is 0 Å². The number of carbonyl (C=O) groups excluding carboxylic acids is 2. The number of nitrogens with zero attached hydrogens (tertiary/aromatic N) is 3. The van der Waals surface area contributed by atoms with Gasteiger partial charge < -0.3 is 20.1 Å². The van der Waals surface area contributed by atoms with Gasteiger partial charge in [0.15, 0.2) is 0 Å². The zero-order valence-electron chi connectivity index (χ0n) is 23.2. The van der Waals surface area contributed by atoms with Gasteiger partial charge in [0.25, 0.3) is 17.4 Å². The van der Waals surface area contributed by atoms with Crippen LogP contribution in [0.1, 0.15) is 50.0 Å². The molecule has 2 atom stereocenters. The van der Waals surface area contributed by atoms with Gasteiger partial charge in [-0.3, -0.25) is 14.4 Å². The van der Waals surface area contributed by atoms with Crippen molar-refractivity contribution < 1.29 is 22.8 Å². The van der Waals surface area contributed by atoms with Crippen LogP contribution in [0.15, 0.2) is 83.7 Å². The summed E-state index contributed by atoms with van der Waals surface area (Å²) in [6.45, 7) is 3.53. The van der Waals surface area contributed by atoms with Crippen molar-refractivity contribution in [1.82, 2.24) is 9.55 Å². The Hall–Kier alpha value is -4.93. The molecular weight excluding hydrogens is 559 g/mol. The van der Waals surface area contributed by atoms with Crippen LogP contribution in [0.4, 0.5) is 30.4 Å². The SMILES string of the molecule is Cc1cccc(NC(=O)c2ccc(N3C[C@H]4C[C@@H](C3)c3cccc(=O)n3C4)c(NC(=O)c3cccc(C(F)(F)F)c3)c2)n1. The van der Waals surface area contributed by atoms with Gasteiger partial charge in [-0.2, -0.15) is 13.2 Å². The Morgan fingerprint density at radius 1 is 0.860 bits per heavy atom. The number of aryl methyl sites for hydroxylation is 1. The van der Waals surface area contributed by atoms with Crippen molar-refractivity contribution in [2.75, 3.05) is 28.6 Å². The van der Waals surface area contributed by atoms with E-state index in [1.165, 1.54) is 18.2 Å². The highest BCUT2D eigenvalue weighted by Gasteiger charge is 2.36. The fraction of sp³-hybridized carbons (Fsp3) is 0.250. The van der Waals surface area contributed by atoms with Crippen LogP contribution in [-0.2, 0) is 12.7 Å². The van der Waals surface area contributed by atoms with Crippen molar-refractivity contribution in [3.05, 3.63) is 117 Å². The first-order valence-corrected chi connectivity index (χ1v) is 13.9. The molecule has 2 aliphatic heterocycles. The highest BCUT2D eigenvalue weighted by Crippen LogP contribution is 2.39. The van der Waals surface area contributed by atoms with Crippen molar-refractivity contribution in [2.24, 2.45) is 5.92 Å². The number of amides is 2. The van der Waals surface area contributed by atoms with Crippen LogP contribution in [0.5, 0.6) is 0 Å². The van der Waals surface area contributed by atoms with Gasteiger partial charge in [-0.05, 0) is 73.9 Å². The van der Waals surface area contributed by atoms with E-state index in [9.17, 15) is 27.6 Å². The van der Waals surface area contributed by atoms with Crippen LogP contribution in [0.3, 0.4) is 0 Å². The topological polar surface area (TPSA) is 96.3 Å². The molecule has 4 heterocycles. The molecule has 2 N–H and O–H groups in total. The second-order valence-corrected chi connectivity index (χ2v) is 11.0. The van der Waals surface area contributed by atoms with E-state index in [-0.39, 0.29) is 34.2 Å². The molecule has 0 spiro atoms. The van der Waals surface area contributed by atoms with Crippen molar-refractivity contribution in [2.45, 2.75) is 32.0 Å². The number of nitrogens with one attached hydrogen (secondary N) is 2. The second kappa shape index (κ2) is 11.0. The highest BCUT2D eigenvalue weighted by molar-refractivity contribution is 6.09. The van der Waals surface area contributed by atoms with Crippen molar-refractivity contribution in [3.8, 4) is 0 Å². The molecular formula is C32H28F3N5O3. The fourth-order valence-corrected chi connectivity index (χ4v) is 5.98. The maximum absolute atomic E-state index is 13.3. The summed E-state index contributed by atoms with van der Waals surface area (Å²) in [5, 5.41) is 5.52. The number of carbonyl (C=O) groups is 2. The number of halogens is 3. The second-order valence-electron chi connectivity index (χ2n) is 11.0. The summed E-state index contributed by atoms with van der Waals surface area (Å²) >= 11 is 0. The number of hydrogen-bond donors (Lipinski definition) is 2. The fourth-order valence-electron chi connectivity index (χ4n) is 5.98. The molecule has 2 aromatic heterocycles. The summed E-state index contributed by atoms with van der Waals surface area (Å²) in [6.07, 6.45) is -3.69. The van der Waals surface area contributed by atoms with Crippen LogP contribution in [0.25, 0.3) is 0 Å². The molecule has 2 aliphatic rings. The van der Waals surface area contributed by atoms with Crippen LogP contribution >= 0.6 is 0 Å². The van der Waals surface area contributed by atoms with Gasteiger partial charge >= 0.3 is 6.18 Å². The number of fused-ring (bicyclic) bond motifs is 4. The molecule has 2 bridgehead atoms. The van der Waals surface area contributed by atoms with Gasteiger partial charge in [0.05, 0.1) is 16.9 Å². The van der Waals surface area contributed by atoms with Crippen molar-refractivity contribution in [1.29, 1.82) is 0 Å². The zero-order chi connectivity index (χ0) is 30.3. The highest BCUT2D eigenvalue weighted by atomic mass is 19.4. The lowest BCUT2D eigenvalue weighted by molar-refractivity contribution is -0.137. The maximum Gasteiger partial charge on any atom is 0.416 e. The summed E-state index contributed by atoms with van der Waals surface area (Å²) in [7, 11) is 0. The average Bonchev–Trinajstić information content (AvgIpc) is 2.97. The van der Waals surface area contributed by atoms with Gasteiger partial charge in [0.1, 0.15) is 5.82 Å². The first-order valence-electron chi connectivity index (χ1n) is 13.9. The van der Waals surface area contributed by atoms with E-state index in [1.54, 1.807) is 49.4 Å². The van der Waals surface area contributed by atoms with Gasteiger partial charge in [-0.25, -0.2) is 4.98 Å². The van der Waals surface area contributed by atoms with E-state index in [0.717, 1.165) is 29.9 Å². The van der Waals surface area contributed by atoms with Crippen molar-refractivity contribution >= 4 is 29.0 Å². The summed E-state index contributed by atoms with van der Waals surface area (Å²) in [6, 6.07) is 19.6. The third-order valence-electron chi connectivity index (χ3n) is 7.91. The first kappa shape index (κ1) is 28.2. The largest absolute Gasteiger partial charge is 0.416 e. The lowest BCUT2D eigenvalue weighted by Gasteiger charge is -2.44. The predicted octanol–water partition coefficient (Wildman–Crippen LogP) is 5.70. The number of alkyl halides is 3. The minimum Gasteiger partial charge on any atom is -0.369 e. The zero-order valence-corrected chi connectivity index (χ0v) is 23.2. The Labute approximate surface area is 245 Å². The molecule has 220 valence electrons. The maximum atomic E-state index is 13.3. The minimum absolute atomic E-state index is 0.0341.